The van der Waals surface area contributed by atoms with Gasteiger partial charge in [0, 0.05) is 11.1 Å². The number of Topliss-reactive ketones (excluding diaryl/α,β-unsaturated/α-hetero) is 1. The molecule has 0 heterocycles. The van der Waals surface area contributed by atoms with E-state index in [1.54, 1.807) is 0 Å². The quantitative estimate of drug-likeness (QED) is 0.596. The van der Waals surface area contributed by atoms with Crippen molar-refractivity contribution in [2.75, 3.05) is 0 Å². The first kappa shape index (κ1) is 12.7. The number of hydrogen-bond donors (Lipinski definition) is 0. The average Bonchev–Trinajstić information content (AvgIpc) is 2.14. The third-order valence-electron chi connectivity index (χ3n) is 1.96. The summed E-state index contributed by atoms with van der Waals surface area (Å²) in [7, 11) is 0. The molecule has 0 saturated carbocycles. The molecule has 0 spiro atoms. The molecular formula is C10H6ClF3O2. The van der Waals surface area contributed by atoms with Crippen LogP contribution in [0.2, 0.25) is 5.02 Å². The van der Waals surface area contributed by atoms with Crippen molar-refractivity contribution in [3.63, 3.8) is 0 Å². The Morgan fingerprint density at radius 2 is 1.94 bits per heavy atom. The molecule has 0 aliphatic carbocycles. The molecule has 6 heteroatoms. The number of ketones is 1. The molecule has 1 aromatic rings. The third kappa shape index (κ3) is 2.24. The fraction of sp³-hybridized carbons (Fsp3) is 0.200. The summed E-state index contributed by atoms with van der Waals surface area (Å²) < 4.78 is 37.8. The summed E-state index contributed by atoms with van der Waals surface area (Å²) >= 11 is 5.47. The lowest BCUT2D eigenvalue weighted by Gasteiger charge is -2.13. The lowest BCUT2D eigenvalue weighted by Crippen LogP contribution is -2.12. The molecule has 0 fully saturated rings. The third-order valence-corrected chi connectivity index (χ3v) is 2.36. The topological polar surface area (TPSA) is 34.1 Å². The molecule has 1 aromatic carbocycles. The molecule has 0 atom stereocenters. The van der Waals surface area contributed by atoms with Crippen LogP contribution in [0.1, 0.15) is 33.2 Å². The second-order valence-electron chi connectivity index (χ2n) is 3.06. The van der Waals surface area contributed by atoms with Crippen molar-refractivity contribution in [2.24, 2.45) is 0 Å². The van der Waals surface area contributed by atoms with Gasteiger partial charge >= 0.3 is 6.18 Å². The smallest absolute Gasteiger partial charge is 0.298 e. The number of aldehydes is 1. The van der Waals surface area contributed by atoms with Gasteiger partial charge in [0.05, 0.1) is 10.6 Å². The van der Waals surface area contributed by atoms with Gasteiger partial charge in [-0.15, -0.1) is 0 Å². The van der Waals surface area contributed by atoms with E-state index in [4.69, 9.17) is 11.6 Å². The largest absolute Gasteiger partial charge is 0.418 e. The van der Waals surface area contributed by atoms with Gasteiger partial charge < -0.3 is 0 Å². The summed E-state index contributed by atoms with van der Waals surface area (Å²) in [6.45, 7) is 1.10. The summed E-state index contributed by atoms with van der Waals surface area (Å²) in [6, 6.07) is 2.03. The summed E-state index contributed by atoms with van der Waals surface area (Å²) in [4.78, 5) is 21.5. The highest BCUT2D eigenvalue weighted by Crippen LogP contribution is 2.38. The minimum atomic E-state index is -4.77. The predicted octanol–water partition coefficient (Wildman–Crippen LogP) is 3.37. The first-order chi connectivity index (χ1) is 7.29. The highest BCUT2D eigenvalue weighted by Gasteiger charge is 2.37. The lowest BCUT2D eigenvalue weighted by atomic mass is 10.0. The number of rotatable bonds is 2. The zero-order valence-corrected chi connectivity index (χ0v) is 8.82. The van der Waals surface area contributed by atoms with E-state index < -0.39 is 28.1 Å². The number of benzene rings is 1. The van der Waals surface area contributed by atoms with Crippen LogP contribution in [0.3, 0.4) is 0 Å². The van der Waals surface area contributed by atoms with Crippen molar-refractivity contribution in [1.82, 2.24) is 0 Å². The Morgan fingerprint density at radius 3 is 2.31 bits per heavy atom. The Bertz CT molecular complexity index is 452. The maximum Gasteiger partial charge on any atom is 0.418 e. The van der Waals surface area contributed by atoms with Gasteiger partial charge in [0.1, 0.15) is 0 Å². The van der Waals surface area contributed by atoms with Gasteiger partial charge in [0.15, 0.2) is 12.1 Å². The van der Waals surface area contributed by atoms with E-state index in [2.05, 4.69) is 0 Å². The summed E-state index contributed by atoms with van der Waals surface area (Å²) in [5.74, 6) is -0.590. The molecule has 0 aliphatic heterocycles. The Labute approximate surface area is 94.0 Å². The van der Waals surface area contributed by atoms with Crippen LogP contribution in [0.5, 0.6) is 0 Å². The highest BCUT2D eigenvalue weighted by atomic mass is 35.5. The summed E-state index contributed by atoms with van der Waals surface area (Å²) in [5, 5.41) is -0.732. The summed E-state index contributed by atoms with van der Waals surface area (Å²) in [5.41, 5.74) is -2.10. The van der Waals surface area contributed by atoms with Crippen LogP contribution in [0.15, 0.2) is 12.1 Å². The van der Waals surface area contributed by atoms with E-state index in [-0.39, 0.29) is 11.8 Å². The summed E-state index contributed by atoms with van der Waals surface area (Å²) in [6.07, 6.45) is -4.71. The van der Waals surface area contributed by atoms with Gasteiger partial charge in [0.2, 0.25) is 0 Å². The predicted molar refractivity (Wildman–Crippen MR) is 51.8 cm³/mol. The van der Waals surface area contributed by atoms with Crippen LogP contribution >= 0.6 is 11.6 Å². The molecule has 0 saturated heterocycles. The molecule has 0 N–H and O–H groups in total. The van der Waals surface area contributed by atoms with Crippen LogP contribution in [-0.2, 0) is 6.18 Å². The number of carbonyl (C=O) groups excluding carboxylic acids is 2. The van der Waals surface area contributed by atoms with Crippen molar-refractivity contribution in [1.29, 1.82) is 0 Å². The van der Waals surface area contributed by atoms with Crippen molar-refractivity contribution in [3.8, 4) is 0 Å². The maximum atomic E-state index is 12.6. The van der Waals surface area contributed by atoms with Crippen molar-refractivity contribution >= 4 is 23.7 Å². The Kier molecular flexibility index (Phi) is 3.38. The van der Waals surface area contributed by atoms with Crippen LogP contribution in [0.25, 0.3) is 0 Å². The SMILES string of the molecule is CC(=O)c1ccc(C=O)c(C(F)(F)F)c1Cl. The molecule has 0 amide bonds. The first-order valence-corrected chi connectivity index (χ1v) is 4.52. The number of hydrogen-bond acceptors (Lipinski definition) is 2. The van der Waals surface area contributed by atoms with E-state index in [9.17, 15) is 22.8 Å². The molecular weight excluding hydrogens is 245 g/mol. The molecule has 1 rings (SSSR count). The minimum Gasteiger partial charge on any atom is -0.298 e. The van der Waals surface area contributed by atoms with Crippen molar-refractivity contribution in [2.45, 2.75) is 13.1 Å². The number of halogens is 4. The van der Waals surface area contributed by atoms with Gasteiger partial charge in [0.25, 0.3) is 0 Å². The standard InChI is InChI=1S/C10H6ClF3O2/c1-5(16)7-3-2-6(4-15)8(9(7)11)10(12,13)14/h2-4H,1H3. The molecule has 16 heavy (non-hydrogen) atoms. The zero-order valence-electron chi connectivity index (χ0n) is 8.06. The molecule has 2 nitrogen and oxygen atoms in total. The van der Waals surface area contributed by atoms with E-state index in [1.807, 2.05) is 0 Å². The maximum absolute atomic E-state index is 12.6. The van der Waals surface area contributed by atoms with Crippen LogP contribution in [-0.4, -0.2) is 12.1 Å². The van der Waals surface area contributed by atoms with Crippen molar-refractivity contribution in [3.05, 3.63) is 33.8 Å². The highest BCUT2D eigenvalue weighted by molar-refractivity contribution is 6.35. The molecule has 0 aliphatic rings. The normalized spacial score (nSPS) is 11.3. The second-order valence-corrected chi connectivity index (χ2v) is 3.44. The van der Waals surface area contributed by atoms with E-state index in [0.29, 0.717) is 0 Å². The Hall–Kier alpha value is -1.36. The Morgan fingerprint density at radius 1 is 1.38 bits per heavy atom. The lowest BCUT2D eigenvalue weighted by molar-refractivity contribution is -0.137. The van der Waals surface area contributed by atoms with Crippen LogP contribution in [0, 0.1) is 0 Å². The molecule has 86 valence electrons. The van der Waals surface area contributed by atoms with Gasteiger partial charge in [-0.2, -0.15) is 13.2 Å². The first-order valence-electron chi connectivity index (χ1n) is 4.15. The second kappa shape index (κ2) is 4.25. The molecule has 0 unspecified atom stereocenters. The van der Waals surface area contributed by atoms with Crippen molar-refractivity contribution < 1.29 is 22.8 Å². The van der Waals surface area contributed by atoms with E-state index in [0.717, 1.165) is 19.1 Å². The molecule has 0 radical (unpaired) electrons. The zero-order chi connectivity index (χ0) is 12.5. The van der Waals surface area contributed by atoms with Crippen LogP contribution in [0.4, 0.5) is 13.2 Å². The van der Waals surface area contributed by atoms with Gasteiger partial charge in [-0.3, -0.25) is 9.59 Å². The monoisotopic (exact) mass is 250 g/mol. The fourth-order valence-electron chi connectivity index (χ4n) is 1.25. The van der Waals surface area contributed by atoms with Gasteiger partial charge in [-0.25, -0.2) is 0 Å². The average molecular weight is 251 g/mol. The Balaban J connectivity index is 3.59. The van der Waals surface area contributed by atoms with E-state index in [1.165, 1.54) is 0 Å². The molecule has 0 bridgehead atoms. The van der Waals surface area contributed by atoms with Crippen LogP contribution < -0.4 is 0 Å². The molecule has 0 aromatic heterocycles. The van der Waals surface area contributed by atoms with Gasteiger partial charge in [-0.05, 0) is 13.0 Å². The van der Waals surface area contributed by atoms with Gasteiger partial charge in [-0.1, -0.05) is 17.7 Å². The number of carbonyl (C=O) groups is 2. The fourth-order valence-corrected chi connectivity index (χ4v) is 1.66. The van der Waals surface area contributed by atoms with E-state index >= 15 is 0 Å². The number of alkyl halides is 3. The minimum absolute atomic E-state index is 0.0542.